The minimum atomic E-state index is -0.0917. The number of rotatable bonds is 12. The second-order valence-electron chi connectivity index (χ2n) is 6.29. The minimum absolute atomic E-state index is 0.0297. The zero-order chi connectivity index (χ0) is 19.3. The van der Waals surface area contributed by atoms with Crippen molar-refractivity contribution in [2.45, 2.75) is 32.6 Å². The number of Topliss-reactive ketones (excluding diaryl/α,β-unsaturated/α-hetero) is 1. The Kier molecular flexibility index (Phi) is 8.90. The summed E-state index contributed by atoms with van der Waals surface area (Å²) in [5.74, 6) is 0.638. The van der Waals surface area contributed by atoms with Gasteiger partial charge in [0.05, 0.1) is 6.61 Å². The van der Waals surface area contributed by atoms with Crippen LogP contribution in [-0.4, -0.2) is 31.4 Å². The Balaban J connectivity index is 1.59. The smallest absolute Gasteiger partial charge is 0.220 e. The van der Waals surface area contributed by atoms with Crippen molar-refractivity contribution in [1.82, 2.24) is 5.32 Å². The molecule has 0 spiro atoms. The summed E-state index contributed by atoms with van der Waals surface area (Å²) in [4.78, 5) is 24.1. The van der Waals surface area contributed by atoms with E-state index in [1.807, 2.05) is 37.3 Å². The van der Waals surface area contributed by atoms with Gasteiger partial charge in [-0.15, -0.1) is 0 Å². The summed E-state index contributed by atoms with van der Waals surface area (Å²) in [5.41, 5.74) is 1.68. The average molecular weight is 368 g/mol. The van der Waals surface area contributed by atoms with Gasteiger partial charge in [0.25, 0.3) is 0 Å². The predicted molar refractivity (Wildman–Crippen MR) is 108 cm³/mol. The van der Waals surface area contributed by atoms with Crippen LogP contribution in [0.1, 0.15) is 43.0 Å². The van der Waals surface area contributed by atoms with E-state index in [4.69, 9.17) is 4.74 Å². The van der Waals surface area contributed by atoms with E-state index < -0.39 is 0 Å². The van der Waals surface area contributed by atoms with Crippen LogP contribution in [-0.2, 0) is 4.79 Å². The SMILES string of the molecule is CCCOc1ccc(C(=O)CCC(=O)NCCCNc2ccccc2)cc1. The maximum atomic E-state index is 12.2. The van der Waals surface area contributed by atoms with Crippen LogP contribution in [0, 0.1) is 0 Å². The third kappa shape index (κ3) is 7.94. The largest absolute Gasteiger partial charge is 0.494 e. The number of ketones is 1. The first-order valence-corrected chi connectivity index (χ1v) is 9.50. The topological polar surface area (TPSA) is 67.4 Å². The lowest BCUT2D eigenvalue weighted by Crippen LogP contribution is -2.26. The van der Waals surface area contributed by atoms with Crippen LogP contribution in [0.25, 0.3) is 0 Å². The molecule has 0 aromatic heterocycles. The average Bonchev–Trinajstić information content (AvgIpc) is 2.71. The summed E-state index contributed by atoms with van der Waals surface area (Å²) in [6.07, 6.45) is 2.19. The molecule has 2 aromatic rings. The number of para-hydroxylation sites is 1. The molecule has 144 valence electrons. The van der Waals surface area contributed by atoms with E-state index in [1.54, 1.807) is 24.3 Å². The molecular weight excluding hydrogens is 340 g/mol. The Bertz CT molecular complexity index is 699. The molecule has 1 amide bonds. The van der Waals surface area contributed by atoms with Crippen LogP contribution in [0.5, 0.6) is 5.75 Å². The quantitative estimate of drug-likeness (QED) is 0.438. The van der Waals surface area contributed by atoms with Gasteiger partial charge in [-0.05, 0) is 49.2 Å². The number of carbonyl (C=O) groups excluding carboxylic acids is 2. The lowest BCUT2D eigenvalue weighted by molar-refractivity contribution is -0.121. The Morgan fingerprint density at radius 2 is 1.67 bits per heavy atom. The van der Waals surface area contributed by atoms with Crippen molar-refractivity contribution in [2.75, 3.05) is 25.0 Å². The van der Waals surface area contributed by atoms with E-state index in [-0.39, 0.29) is 24.5 Å². The van der Waals surface area contributed by atoms with Crippen LogP contribution in [0.4, 0.5) is 5.69 Å². The number of hydrogen-bond acceptors (Lipinski definition) is 4. The van der Waals surface area contributed by atoms with E-state index in [2.05, 4.69) is 10.6 Å². The summed E-state index contributed by atoms with van der Waals surface area (Å²) in [7, 11) is 0. The van der Waals surface area contributed by atoms with Gasteiger partial charge in [-0.3, -0.25) is 9.59 Å². The normalized spacial score (nSPS) is 10.3. The fourth-order valence-electron chi connectivity index (χ4n) is 2.52. The summed E-state index contributed by atoms with van der Waals surface area (Å²) < 4.78 is 5.50. The van der Waals surface area contributed by atoms with Gasteiger partial charge in [0.2, 0.25) is 5.91 Å². The molecule has 5 heteroatoms. The Labute approximate surface area is 161 Å². The first kappa shape index (κ1) is 20.5. The highest BCUT2D eigenvalue weighted by molar-refractivity contribution is 5.98. The molecule has 27 heavy (non-hydrogen) atoms. The summed E-state index contributed by atoms with van der Waals surface area (Å²) in [6.45, 7) is 4.09. The molecule has 0 unspecified atom stereocenters. The summed E-state index contributed by atoms with van der Waals surface area (Å²) in [5, 5.41) is 6.15. The molecule has 2 aromatic carbocycles. The molecule has 0 fully saturated rings. The van der Waals surface area contributed by atoms with Crippen LogP contribution in [0.3, 0.4) is 0 Å². The Hall–Kier alpha value is -2.82. The number of ether oxygens (including phenoxy) is 1. The van der Waals surface area contributed by atoms with Gasteiger partial charge in [0.15, 0.2) is 5.78 Å². The fraction of sp³-hybridized carbons (Fsp3) is 0.364. The van der Waals surface area contributed by atoms with E-state index in [0.29, 0.717) is 18.7 Å². The van der Waals surface area contributed by atoms with Gasteiger partial charge in [0.1, 0.15) is 5.75 Å². The molecule has 0 saturated heterocycles. The third-order valence-electron chi connectivity index (χ3n) is 4.01. The molecule has 2 rings (SSSR count). The van der Waals surface area contributed by atoms with Crippen LogP contribution in [0.15, 0.2) is 54.6 Å². The van der Waals surface area contributed by atoms with Crippen molar-refractivity contribution in [3.05, 3.63) is 60.2 Å². The van der Waals surface area contributed by atoms with Crippen molar-refractivity contribution >= 4 is 17.4 Å². The first-order valence-electron chi connectivity index (χ1n) is 9.50. The lowest BCUT2D eigenvalue weighted by Gasteiger charge is -2.08. The fourth-order valence-corrected chi connectivity index (χ4v) is 2.52. The van der Waals surface area contributed by atoms with E-state index in [9.17, 15) is 9.59 Å². The zero-order valence-corrected chi connectivity index (χ0v) is 15.9. The van der Waals surface area contributed by atoms with Gasteiger partial charge in [0, 0.05) is 37.2 Å². The first-order chi connectivity index (χ1) is 13.2. The molecule has 0 atom stereocenters. The number of amides is 1. The van der Waals surface area contributed by atoms with Crippen LogP contribution < -0.4 is 15.4 Å². The monoisotopic (exact) mass is 368 g/mol. The molecule has 0 aliphatic heterocycles. The van der Waals surface area contributed by atoms with Crippen molar-refractivity contribution in [3.8, 4) is 5.75 Å². The number of hydrogen-bond donors (Lipinski definition) is 2. The summed E-state index contributed by atoms with van der Waals surface area (Å²) >= 11 is 0. The highest BCUT2D eigenvalue weighted by Gasteiger charge is 2.09. The molecule has 5 nitrogen and oxygen atoms in total. The molecule has 0 bridgehead atoms. The zero-order valence-electron chi connectivity index (χ0n) is 15.9. The molecule has 0 aliphatic rings. The number of anilines is 1. The highest BCUT2D eigenvalue weighted by Crippen LogP contribution is 2.14. The predicted octanol–water partition coefficient (Wildman–Crippen LogP) is 4.06. The van der Waals surface area contributed by atoms with Crippen LogP contribution >= 0.6 is 0 Å². The Morgan fingerprint density at radius 1 is 0.926 bits per heavy atom. The second kappa shape index (κ2) is 11.7. The molecule has 0 radical (unpaired) electrons. The lowest BCUT2D eigenvalue weighted by atomic mass is 10.1. The molecule has 0 heterocycles. The van der Waals surface area contributed by atoms with Gasteiger partial charge in [-0.1, -0.05) is 25.1 Å². The highest BCUT2D eigenvalue weighted by atomic mass is 16.5. The minimum Gasteiger partial charge on any atom is -0.494 e. The van der Waals surface area contributed by atoms with Gasteiger partial charge < -0.3 is 15.4 Å². The third-order valence-corrected chi connectivity index (χ3v) is 4.01. The maximum absolute atomic E-state index is 12.2. The van der Waals surface area contributed by atoms with E-state index in [1.165, 1.54) is 0 Å². The van der Waals surface area contributed by atoms with Crippen molar-refractivity contribution in [3.63, 3.8) is 0 Å². The van der Waals surface area contributed by atoms with E-state index in [0.717, 1.165) is 30.8 Å². The number of nitrogens with one attached hydrogen (secondary N) is 2. The van der Waals surface area contributed by atoms with Gasteiger partial charge in [-0.25, -0.2) is 0 Å². The number of benzene rings is 2. The maximum Gasteiger partial charge on any atom is 0.220 e. The van der Waals surface area contributed by atoms with Gasteiger partial charge in [-0.2, -0.15) is 0 Å². The van der Waals surface area contributed by atoms with Crippen LogP contribution in [0.2, 0.25) is 0 Å². The van der Waals surface area contributed by atoms with Gasteiger partial charge >= 0.3 is 0 Å². The molecule has 0 saturated carbocycles. The molecule has 0 aliphatic carbocycles. The van der Waals surface area contributed by atoms with Crippen molar-refractivity contribution < 1.29 is 14.3 Å². The van der Waals surface area contributed by atoms with Crippen molar-refractivity contribution in [1.29, 1.82) is 0 Å². The molecular formula is C22H28N2O3. The summed E-state index contributed by atoms with van der Waals surface area (Å²) in [6, 6.07) is 17.0. The standard InChI is InChI=1S/C22H28N2O3/c1-2-17-27-20-11-9-18(10-12-20)21(25)13-14-22(26)24-16-6-15-23-19-7-4-3-5-8-19/h3-5,7-12,23H,2,6,13-17H2,1H3,(H,24,26). The van der Waals surface area contributed by atoms with E-state index >= 15 is 0 Å². The number of carbonyl (C=O) groups is 2. The Morgan fingerprint density at radius 3 is 2.37 bits per heavy atom. The van der Waals surface area contributed by atoms with Crippen molar-refractivity contribution in [2.24, 2.45) is 0 Å². The second-order valence-corrected chi connectivity index (χ2v) is 6.29. The molecule has 2 N–H and O–H groups in total.